The number of carbonyl (C=O) groups is 1. The van der Waals surface area contributed by atoms with Gasteiger partial charge in [0, 0.05) is 12.1 Å². The first kappa shape index (κ1) is 33.1. The number of rotatable bonds is 9. The SMILES string of the molecule is Cc1ccc(C(c2ccn3c(C(F)(F)F)nnc3c2C)[C@@H](C)C(=O)O)cc1CO[Si](c1ccccc1)(c1ccccc1)C(C)(C)C. The highest BCUT2D eigenvalue weighted by molar-refractivity contribution is 6.99. The van der Waals surface area contributed by atoms with Crippen molar-refractivity contribution in [3.8, 4) is 0 Å². The number of hydrogen-bond donors (Lipinski definition) is 1. The number of aryl methyl sites for hydroxylation is 2. The van der Waals surface area contributed by atoms with E-state index in [1.54, 1.807) is 19.9 Å². The van der Waals surface area contributed by atoms with E-state index in [0.29, 0.717) is 11.1 Å². The largest absolute Gasteiger partial charge is 0.481 e. The monoisotopic (exact) mass is 645 g/mol. The lowest BCUT2D eigenvalue weighted by Crippen LogP contribution is -2.66. The van der Waals surface area contributed by atoms with Crippen molar-refractivity contribution in [2.75, 3.05) is 0 Å². The van der Waals surface area contributed by atoms with E-state index in [1.807, 2.05) is 61.5 Å². The van der Waals surface area contributed by atoms with Gasteiger partial charge in [0.05, 0.1) is 12.5 Å². The fourth-order valence-corrected chi connectivity index (χ4v) is 11.0. The molecule has 0 spiro atoms. The predicted molar refractivity (Wildman–Crippen MR) is 175 cm³/mol. The molecule has 5 aromatic rings. The second-order valence-electron chi connectivity index (χ2n) is 12.9. The van der Waals surface area contributed by atoms with Gasteiger partial charge < -0.3 is 9.53 Å². The van der Waals surface area contributed by atoms with E-state index in [4.69, 9.17) is 4.43 Å². The van der Waals surface area contributed by atoms with E-state index in [1.165, 1.54) is 6.20 Å². The molecule has 0 bridgehead atoms. The summed E-state index contributed by atoms with van der Waals surface area (Å²) < 4.78 is 48.8. The third-order valence-corrected chi connectivity index (χ3v) is 13.9. The number of fused-ring (bicyclic) bond motifs is 1. The molecule has 1 unspecified atom stereocenters. The molecule has 2 aromatic heterocycles. The Labute approximate surface area is 268 Å². The minimum Gasteiger partial charge on any atom is -0.481 e. The third-order valence-electron chi connectivity index (χ3n) is 8.94. The molecule has 0 aliphatic rings. The van der Waals surface area contributed by atoms with Gasteiger partial charge in [0.15, 0.2) is 5.65 Å². The van der Waals surface area contributed by atoms with Crippen LogP contribution in [0.4, 0.5) is 13.2 Å². The van der Waals surface area contributed by atoms with Crippen LogP contribution in [0.2, 0.25) is 5.04 Å². The second-order valence-corrected chi connectivity index (χ2v) is 17.2. The van der Waals surface area contributed by atoms with E-state index < -0.39 is 38.1 Å². The number of aliphatic carboxylic acids is 1. The summed E-state index contributed by atoms with van der Waals surface area (Å²) in [5, 5.41) is 19.4. The molecule has 0 aliphatic heterocycles. The van der Waals surface area contributed by atoms with Crippen LogP contribution in [-0.4, -0.2) is 34.0 Å². The fourth-order valence-electron chi connectivity index (χ4n) is 6.50. The number of halogens is 3. The summed E-state index contributed by atoms with van der Waals surface area (Å²) in [6.07, 6.45) is -3.42. The summed E-state index contributed by atoms with van der Waals surface area (Å²) in [6, 6.07) is 28.0. The number of pyridine rings is 1. The number of hydrogen-bond acceptors (Lipinski definition) is 4. The summed E-state index contributed by atoms with van der Waals surface area (Å²) in [5.74, 6) is -3.70. The lowest BCUT2D eigenvalue weighted by atomic mass is 9.79. The van der Waals surface area contributed by atoms with Gasteiger partial charge in [-0.15, -0.1) is 10.2 Å². The molecule has 0 saturated heterocycles. The van der Waals surface area contributed by atoms with Crippen LogP contribution in [0.3, 0.4) is 0 Å². The topological polar surface area (TPSA) is 76.7 Å². The van der Waals surface area contributed by atoms with Crippen LogP contribution in [0.5, 0.6) is 0 Å². The van der Waals surface area contributed by atoms with Crippen LogP contribution < -0.4 is 10.4 Å². The fraction of sp³-hybridized carbons (Fsp3) is 0.306. The van der Waals surface area contributed by atoms with Crippen LogP contribution in [0, 0.1) is 19.8 Å². The highest BCUT2D eigenvalue weighted by atomic mass is 28.4. The summed E-state index contributed by atoms with van der Waals surface area (Å²) in [4.78, 5) is 12.4. The Morgan fingerprint density at radius 1 is 0.913 bits per heavy atom. The van der Waals surface area contributed by atoms with Gasteiger partial charge >= 0.3 is 12.1 Å². The molecule has 46 heavy (non-hydrogen) atoms. The van der Waals surface area contributed by atoms with E-state index in [9.17, 15) is 23.1 Å². The van der Waals surface area contributed by atoms with Crippen molar-refractivity contribution in [2.24, 2.45) is 5.92 Å². The number of nitrogens with zero attached hydrogens (tertiary/aromatic N) is 3. The molecule has 0 fully saturated rings. The lowest BCUT2D eigenvalue weighted by molar-refractivity contribution is -0.145. The predicted octanol–water partition coefficient (Wildman–Crippen LogP) is 7.29. The minimum absolute atomic E-state index is 0.0368. The lowest BCUT2D eigenvalue weighted by Gasteiger charge is -2.43. The molecule has 240 valence electrons. The first-order chi connectivity index (χ1) is 21.7. The molecule has 3 aromatic carbocycles. The highest BCUT2D eigenvalue weighted by Gasteiger charge is 2.50. The van der Waals surface area contributed by atoms with Gasteiger partial charge in [-0.25, -0.2) is 0 Å². The van der Waals surface area contributed by atoms with E-state index in [0.717, 1.165) is 31.5 Å². The first-order valence-electron chi connectivity index (χ1n) is 15.2. The van der Waals surface area contributed by atoms with Crippen LogP contribution in [0.15, 0.2) is 91.1 Å². The molecule has 2 heterocycles. The van der Waals surface area contributed by atoms with Crippen molar-refractivity contribution >= 4 is 30.3 Å². The van der Waals surface area contributed by atoms with E-state index in [2.05, 4.69) is 55.2 Å². The normalized spacial score (nSPS) is 13.9. The third kappa shape index (κ3) is 5.99. The average molecular weight is 646 g/mol. The zero-order valence-corrected chi connectivity index (χ0v) is 27.8. The Kier molecular flexibility index (Phi) is 8.98. The molecule has 0 saturated carbocycles. The Balaban J connectivity index is 1.61. The van der Waals surface area contributed by atoms with Crippen molar-refractivity contribution in [3.63, 3.8) is 0 Å². The van der Waals surface area contributed by atoms with Crippen molar-refractivity contribution in [1.82, 2.24) is 14.6 Å². The van der Waals surface area contributed by atoms with Crippen molar-refractivity contribution in [1.29, 1.82) is 0 Å². The van der Waals surface area contributed by atoms with Crippen molar-refractivity contribution in [3.05, 3.63) is 125 Å². The molecule has 5 rings (SSSR count). The smallest absolute Gasteiger partial charge is 0.452 e. The zero-order chi connectivity index (χ0) is 33.4. The van der Waals surface area contributed by atoms with Gasteiger partial charge in [-0.3, -0.25) is 9.20 Å². The maximum absolute atomic E-state index is 13.6. The zero-order valence-electron chi connectivity index (χ0n) is 26.8. The van der Waals surface area contributed by atoms with Gasteiger partial charge in [-0.2, -0.15) is 13.2 Å². The minimum atomic E-state index is -4.68. The summed E-state index contributed by atoms with van der Waals surface area (Å²) in [7, 11) is -2.86. The average Bonchev–Trinajstić information content (AvgIpc) is 3.46. The maximum atomic E-state index is 13.6. The molecular formula is C36H38F3N3O3Si. The highest BCUT2D eigenvalue weighted by Crippen LogP contribution is 2.40. The van der Waals surface area contributed by atoms with Crippen molar-refractivity contribution in [2.45, 2.75) is 65.3 Å². The second kappa shape index (κ2) is 12.5. The summed E-state index contributed by atoms with van der Waals surface area (Å²) >= 11 is 0. The summed E-state index contributed by atoms with van der Waals surface area (Å²) in [6.45, 7) is 12.2. The molecule has 1 N–H and O–H groups in total. The summed E-state index contributed by atoms with van der Waals surface area (Å²) in [5.41, 5.74) is 3.68. The number of carboxylic acids is 1. The Morgan fingerprint density at radius 2 is 1.50 bits per heavy atom. The molecule has 0 aliphatic carbocycles. The Morgan fingerprint density at radius 3 is 2.02 bits per heavy atom. The number of aromatic nitrogens is 3. The van der Waals surface area contributed by atoms with Crippen LogP contribution in [0.25, 0.3) is 5.65 Å². The molecule has 0 radical (unpaired) electrons. The van der Waals surface area contributed by atoms with Crippen LogP contribution in [-0.2, 0) is 22.0 Å². The number of alkyl halides is 3. The maximum Gasteiger partial charge on any atom is 0.452 e. The van der Waals surface area contributed by atoms with E-state index >= 15 is 0 Å². The molecule has 10 heteroatoms. The molecule has 0 amide bonds. The standard InChI is InChI=1S/C36H38F3N3O3Si/c1-23-17-18-26(31(25(3)33(43)44)30-19-20-42-32(24(30)2)40-41-34(42)36(37,38)39)21-27(23)22-45-46(35(4,5)6,28-13-9-7-10-14-28)29-15-11-8-12-16-29/h7-21,25,31H,22H2,1-6H3,(H,43,44)/t25-,31?/m1/s1. The van der Waals surface area contributed by atoms with Crippen LogP contribution in [0.1, 0.15) is 67.3 Å². The van der Waals surface area contributed by atoms with Crippen LogP contribution >= 0.6 is 0 Å². The quantitative estimate of drug-likeness (QED) is 0.170. The van der Waals surface area contributed by atoms with E-state index in [-0.39, 0.29) is 17.3 Å². The molecule has 2 atom stereocenters. The number of benzene rings is 3. The van der Waals surface area contributed by atoms with Gasteiger partial charge in [0.2, 0.25) is 5.82 Å². The first-order valence-corrected chi connectivity index (χ1v) is 17.1. The Hall–Kier alpha value is -4.28. The van der Waals surface area contributed by atoms with Gasteiger partial charge in [0.1, 0.15) is 0 Å². The molecular weight excluding hydrogens is 607 g/mol. The molecule has 6 nitrogen and oxygen atoms in total. The van der Waals surface area contributed by atoms with Gasteiger partial charge in [-0.1, -0.05) is 107 Å². The van der Waals surface area contributed by atoms with Crippen molar-refractivity contribution < 1.29 is 27.5 Å². The van der Waals surface area contributed by atoms with Gasteiger partial charge in [-0.05, 0) is 63.1 Å². The number of carboxylic acid groups (broad SMARTS) is 1. The van der Waals surface area contributed by atoms with Gasteiger partial charge in [0.25, 0.3) is 8.32 Å². The Bertz CT molecular complexity index is 1810.